The molecule has 0 radical (unpaired) electrons. The summed E-state index contributed by atoms with van der Waals surface area (Å²) in [4.78, 5) is 38.3. The van der Waals surface area contributed by atoms with E-state index in [0.29, 0.717) is 5.57 Å². The smallest absolute Gasteiger partial charge is 0.336 e. The van der Waals surface area contributed by atoms with E-state index in [9.17, 15) is 14.4 Å². The molecule has 2 heterocycles. The van der Waals surface area contributed by atoms with Gasteiger partial charge in [-0.05, 0) is 12.5 Å². The fraction of sp³-hybridized carbons (Fsp3) is 0.389. The normalized spacial score (nSPS) is 24.0. The first kappa shape index (κ1) is 21.3. The van der Waals surface area contributed by atoms with Crippen LogP contribution in [-0.2, 0) is 25.5 Å². The first-order valence-electron chi connectivity index (χ1n) is 8.42. The van der Waals surface area contributed by atoms with E-state index in [2.05, 4.69) is 5.32 Å². The van der Waals surface area contributed by atoms with Crippen LogP contribution in [0.15, 0.2) is 42.1 Å². The van der Waals surface area contributed by atoms with Gasteiger partial charge in [0.25, 0.3) is 5.91 Å². The van der Waals surface area contributed by atoms with Crippen LogP contribution in [0.2, 0.25) is 0 Å². The molecule has 2 aliphatic rings. The van der Waals surface area contributed by atoms with Gasteiger partial charge in [0.2, 0.25) is 9.70 Å². The molecule has 10 heteroatoms. The van der Waals surface area contributed by atoms with Gasteiger partial charge in [-0.25, -0.2) is 4.79 Å². The Hall–Kier alpha value is -1.41. The summed E-state index contributed by atoms with van der Waals surface area (Å²) in [5.41, 5.74) is 1.17. The molecule has 2 amide bonds. The molecule has 2 aliphatic heterocycles. The van der Waals surface area contributed by atoms with E-state index in [4.69, 9.17) is 39.5 Å². The highest BCUT2D eigenvalue weighted by atomic mass is 35.6. The molecule has 0 bridgehead atoms. The third kappa shape index (κ3) is 4.95. The van der Waals surface area contributed by atoms with Gasteiger partial charge in [0.05, 0.1) is 12.0 Å². The fourth-order valence-corrected chi connectivity index (χ4v) is 4.42. The van der Waals surface area contributed by atoms with Gasteiger partial charge in [-0.3, -0.25) is 9.59 Å². The van der Waals surface area contributed by atoms with Gasteiger partial charge < -0.3 is 15.0 Å². The summed E-state index contributed by atoms with van der Waals surface area (Å²) >= 11 is 18.2. The second-order valence-corrected chi connectivity index (χ2v) is 10.4. The van der Waals surface area contributed by atoms with E-state index >= 15 is 0 Å². The molecule has 3 rings (SSSR count). The molecule has 28 heavy (non-hydrogen) atoms. The van der Waals surface area contributed by atoms with Crippen molar-refractivity contribution in [2.75, 3.05) is 6.61 Å². The maximum Gasteiger partial charge on any atom is 0.336 e. The molecule has 0 aliphatic carbocycles. The summed E-state index contributed by atoms with van der Waals surface area (Å²) in [6, 6.07) is 8.65. The van der Waals surface area contributed by atoms with Crippen LogP contribution in [0.4, 0.5) is 0 Å². The molecule has 1 aromatic rings. The van der Waals surface area contributed by atoms with Crippen molar-refractivity contribution in [2.45, 2.75) is 33.8 Å². The number of β-lactam (4-membered cyclic amide) rings is 1. The summed E-state index contributed by atoms with van der Waals surface area (Å²) in [6.07, 6.45) is 1.65. The van der Waals surface area contributed by atoms with Crippen LogP contribution < -0.4 is 5.32 Å². The number of hydrogen-bond acceptors (Lipinski definition) is 5. The molecule has 1 saturated heterocycles. The monoisotopic (exact) mass is 462 g/mol. The molecule has 6 nitrogen and oxygen atoms in total. The van der Waals surface area contributed by atoms with Gasteiger partial charge in [-0.2, -0.15) is 0 Å². The third-order valence-electron chi connectivity index (χ3n) is 4.27. The third-order valence-corrected chi connectivity index (χ3v) is 6.03. The lowest BCUT2D eigenvalue weighted by molar-refractivity contribution is -0.145. The van der Waals surface area contributed by atoms with E-state index in [1.807, 2.05) is 37.3 Å². The quantitative estimate of drug-likeness (QED) is 0.413. The largest absolute Gasteiger partial charge is 0.458 e. The van der Waals surface area contributed by atoms with Crippen molar-refractivity contribution in [1.29, 1.82) is 0 Å². The molecular weight excluding hydrogens is 447 g/mol. The second kappa shape index (κ2) is 8.53. The number of carbonyl (C=O) groups excluding carboxylic acids is 3. The minimum absolute atomic E-state index is 0.196. The summed E-state index contributed by atoms with van der Waals surface area (Å²) in [5, 5.41) is 2.26. The maximum absolute atomic E-state index is 12.4. The number of halogens is 3. The van der Waals surface area contributed by atoms with Crippen molar-refractivity contribution < 1.29 is 19.1 Å². The Morgan fingerprint density at radius 1 is 1.25 bits per heavy atom. The van der Waals surface area contributed by atoms with Crippen molar-refractivity contribution in [2.24, 2.45) is 0 Å². The zero-order valence-electron chi connectivity index (χ0n) is 14.7. The Morgan fingerprint density at radius 2 is 1.93 bits per heavy atom. The first-order valence-corrected chi connectivity index (χ1v) is 10.5. The van der Waals surface area contributed by atoms with Gasteiger partial charge in [0.1, 0.15) is 18.0 Å². The minimum Gasteiger partial charge on any atom is -0.458 e. The van der Waals surface area contributed by atoms with Crippen LogP contribution in [0.5, 0.6) is 0 Å². The summed E-state index contributed by atoms with van der Waals surface area (Å²) in [7, 11) is 0. The Labute approximate surface area is 181 Å². The highest BCUT2D eigenvalue weighted by molar-refractivity contribution is 8.00. The number of thioether (sulfide) groups is 1. The molecule has 1 N–H and O–H groups in total. The van der Waals surface area contributed by atoms with E-state index in [1.165, 1.54) is 22.9 Å². The number of benzene rings is 1. The average Bonchev–Trinajstić information content (AvgIpc) is 2.64. The number of hydrogen-bond donors (Lipinski definition) is 1. The van der Waals surface area contributed by atoms with Crippen LogP contribution >= 0.6 is 46.6 Å². The van der Waals surface area contributed by atoms with Gasteiger partial charge in [-0.1, -0.05) is 65.1 Å². The predicted molar refractivity (Wildman–Crippen MR) is 109 cm³/mol. The van der Waals surface area contributed by atoms with E-state index < -0.39 is 15.8 Å². The zero-order chi connectivity index (χ0) is 20.5. The Balaban J connectivity index is 1.60. The number of ether oxygens (including phenoxy) is 1. The molecule has 1 fully saturated rings. The standard InChI is InChI=1S/C18H17Cl3N2O4S/c1-10-12(17(26)27-9-18(19,20)21)8-23-15(25)14(16(23)28-10)22-13(24)7-11-5-3-2-4-6-11/h2-6,8,10,14,16H,7,9H2,1H3,(H,22,24)/t10?,14?,16-/m1/s1. The van der Waals surface area contributed by atoms with Crippen LogP contribution in [0.1, 0.15) is 12.5 Å². The van der Waals surface area contributed by atoms with Crippen LogP contribution in [0.25, 0.3) is 0 Å². The molecule has 3 atom stereocenters. The lowest BCUT2D eigenvalue weighted by Crippen LogP contribution is -2.69. The number of esters is 1. The Morgan fingerprint density at radius 3 is 2.57 bits per heavy atom. The average molecular weight is 464 g/mol. The second-order valence-electron chi connectivity index (χ2n) is 6.40. The van der Waals surface area contributed by atoms with Crippen molar-refractivity contribution in [3.8, 4) is 0 Å². The van der Waals surface area contributed by atoms with Gasteiger partial charge in [0, 0.05) is 11.4 Å². The van der Waals surface area contributed by atoms with Crippen molar-refractivity contribution in [1.82, 2.24) is 10.2 Å². The number of nitrogens with zero attached hydrogens (tertiary/aromatic N) is 1. The summed E-state index contributed by atoms with van der Waals surface area (Å²) < 4.78 is 3.29. The highest BCUT2D eigenvalue weighted by Gasteiger charge is 2.51. The number of amides is 2. The lowest BCUT2D eigenvalue weighted by atomic mass is 10.0. The molecule has 2 unspecified atom stereocenters. The molecular formula is C18H17Cl3N2O4S. The Kier molecular flexibility index (Phi) is 6.49. The number of carbonyl (C=O) groups is 3. The zero-order valence-corrected chi connectivity index (χ0v) is 17.8. The van der Waals surface area contributed by atoms with Gasteiger partial charge in [0.15, 0.2) is 0 Å². The molecule has 150 valence electrons. The first-order chi connectivity index (χ1) is 13.2. The van der Waals surface area contributed by atoms with E-state index in [-0.39, 0.29) is 35.5 Å². The number of rotatable bonds is 5. The van der Waals surface area contributed by atoms with Crippen molar-refractivity contribution in [3.05, 3.63) is 47.7 Å². The predicted octanol–water partition coefficient (Wildman–Crippen LogP) is 2.81. The van der Waals surface area contributed by atoms with E-state index in [0.717, 1.165) is 5.56 Å². The van der Waals surface area contributed by atoms with Crippen molar-refractivity contribution >= 4 is 64.3 Å². The number of alkyl halides is 3. The number of nitrogens with one attached hydrogen (secondary N) is 1. The van der Waals surface area contributed by atoms with Crippen LogP contribution in [0.3, 0.4) is 0 Å². The minimum atomic E-state index is -1.70. The van der Waals surface area contributed by atoms with Gasteiger partial charge in [-0.15, -0.1) is 11.8 Å². The molecule has 0 spiro atoms. The van der Waals surface area contributed by atoms with Gasteiger partial charge >= 0.3 is 5.97 Å². The lowest BCUT2D eigenvalue weighted by Gasteiger charge is -2.48. The van der Waals surface area contributed by atoms with Crippen molar-refractivity contribution in [3.63, 3.8) is 0 Å². The maximum atomic E-state index is 12.4. The summed E-state index contributed by atoms with van der Waals surface area (Å²) in [6.45, 7) is 1.43. The highest BCUT2D eigenvalue weighted by Crippen LogP contribution is 2.40. The van der Waals surface area contributed by atoms with E-state index in [1.54, 1.807) is 0 Å². The molecule has 1 aromatic carbocycles. The van der Waals surface area contributed by atoms with Crippen LogP contribution in [0, 0.1) is 0 Å². The Bertz CT molecular complexity index is 813. The number of fused-ring (bicyclic) bond motifs is 1. The van der Waals surface area contributed by atoms with Crippen LogP contribution in [-0.4, -0.2) is 49.7 Å². The molecule has 0 saturated carbocycles. The molecule has 0 aromatic heterocycles. The SMILES string of the molecule is CC1S[C@@H]2C(NC(=O)Cc3ccccc3)C(=O)N2C=C1C(=O)OCC(Cl)(Cl)Cl. The fourth-order valence-electron chi connectivity index (χ4n) is 2.89. The summed E-state index contributed by atoms with van der Waals surface area (Å²) in [5.74, 6) is -1.15. The topological polar surface area (TPSA) is 75.7 Å².